The van der Waals surface area contributed by atoms with E-state index in [1.54, 1.807) is 12.1 Å². The Labute approximate surface area is 119 Å². The van der Waals surface area contributed by atoms with Crippen LogP contribution in [0.1, 0.15) is 43.9 Å². The van der Waals surface area contributed by atoms with Crippen LogP contribution in [0.2, 0.25) is 0 Å². The highest BCUT2D eigenvalue weighted by molar-refractivity contribution is 5.37. The number of hydrogen-bond donors (Lipinski definition) is 1. The summed E-state index contributed by atoms with van der Waals surface area (Å²) in [6.07, 6.45) is 0. The zero-order valence-corrected chi connectivity index (χ0v) is 12.1. The predicted octanol–water partition coefficient (Wildman–Crippen LogP) is 4.76. The molecule has 1 atom stereocenters. The molecule has 0 bridgehead atoms. The van der Waals surface area contributed by atoms with Crippen LogP contribution in [0.25, 0.3) is 0 Å². The summed E-state index contributed by atoms with van der Waals surface area (Å²) in [4.78, 5) is 0. The van der Waals surface area contributed by atoms with Crippen molar-refractivity contribution in [2.24, 2.45) is 5.73 Å². The molecule has 3 heteroatoms. The van der Waals surface area contributed by atoms with Crippen molar-refractivity contribution in [2.75, 3.05) is 0 Å². The summed E-state index contributed by atoms with van der Waals surface area (Å²) >= 11 is 0. The highest BCUT2D eigenvalue weighted by atomic mass is 19.1. The maximum Gasteiger partial charge on any atom is 0.166 e. The van der Waals surface area contributed by atoms with E-state index in [-0.39, 0.29) is 11.8 Å². The van der Waals surface area contributed by atoms with Crippen LogP contribution >= 0.6 is 0 Å². The molecule has 0 radical (unpaired) electrons. The fourth-order valence-electron chi connectivity index (χ4n) is 1.95. The molecule has 0 heterocycles. The fraction of sp³-hybridized carbons (Fsp3) is 0.294. The number of ether oxygens (including phenoxy) is 1. The van der Waals surface area contributed by atoms with Crippen LogP contribution in [0.3, 0.4) is 0 Å². The van der Waals surface area contributed by atoms with Crippen LogP contribution in [0.15, 0.2) is 42.5 Å². The van der Waals surface area contributed by atoms with Gasteiger partial charge in [-0.1, -0.05) is 32.0 Å². The Balaban J connectivity index is 2.24. The molecular weight excluding hydrogens is 253 g/mol. The topological polar surface area (TPSA) is 35.2 Å². The Bertz CT molecular complexity index is 593. The molecule has 2 aromatic carbocycles. The zero-order chi connectivity index (χ0) is 14.7. The lowest BCUT2D eigenvalue weighted by atomic mass is 10.0. The standard InChI is InChI=1S/C17H20FNO/c1-11(2)13-5-4-6-15(9-13)20-17-8-7-14(12(3)19)10-16(17)18/h4-12H,19H2,1-3H3/t12-/m1/s1. The van der Waals surface area contributed by atoms with Gasteiger partial charge in [0.05, 0.1) is 0 Å². The van der Waals surface area contributed by atoms with E-state index in [1.807, 2.05) is 31.2 Å². The summed E-state index contributed by atoms with van der Waals surface area (Å²) in [5.41, 5.74) is 7.65. The van der Waals surface area contributed by atoms with Gasteiger partial charge in [0.1, 0.15) is 5.75 Å². The Kier molecular flexibility index (Phi) is 4.40. The molecule has 0 aliphatic rings. The van der Waals surface area contributed by atoms with Crippen molar-refractivity contribution >= 4 is 0 Å². The minimum atomic E-state index is -0.394. The van der Waals surface area contributed by atoms with E-state index >= 15 is 0 Å². The van der Waals surface area contributed by atoms with Crippen molar-refractivity contribution in [1.29, 1.82) is 0 Å². The van der Waals surface area contributed by atoms with Crippen molar-refractivity contribution in [1.82, 2.24) is 0 Å². The van der Waals surface area contributed by atoms with Crippen molar-refractivity contribution in [2.45, 2.75) is 32.7 Å². The molecule has 2 N–H and O–H groups in total. The third-order valence-corrected chi connectivity index (χ3v) is 3.23. The third-order valence-electron chi connectivity index (χ3n) is 3.23. The van der Waals surface area contributed by atoms with E-state index < -0.39 is 5.82 Å². The summed E-state index contributed by atoms with van der Waals surface area (Å²) in [5, 5.41) is 0. The summed E-state index contributed by atoms with van der Waals surface area (Å²) in [6, 6.07) is 12.3. The average molecular weight is 273 g/mol. The molecule has 106 valence electrons. The average Bonchev–Trinajstić information content (AvgIpc) is 2.41. The van der Waals surface area contributed by atoms with Crippen LogP contribution in [0.4, 0.5) is 4.39 Å². The molecule has 0 aliphatic carbocycles. The van der Waals surface area contributed by atoms with Gasteiger partial charge in [-0.05, 0) is 48.2 Å². The first-order valence-corrected chi connectivity index (χ1v) is 6.80. The highest BCUT2D eigenvalue weighted by Gasteiger charge is 2.09. The summed E-state index contributed by atoms with van der Waals surface area (Å²) in [5.74, 6) is 0.873. The zero-order valence-electron chi connectivity index (χ0n) is 12.1. The number of nitrogens with two attached hydrogens (primary N) is 1. The minimum Gasteiger partial charge on any atom is -0.454 e. The van der Waals surface area contributed by atoms with Gasteiger partial charge < -0.3 is 10.5 Å². The molecule has 0 saturated heterocycles. The van der Waals surface area contributed by atoms with Gasteiger partial charge in [-0.3, -0.25) is 0 Å². The Morgan fingerprint density at radius 1 is 1.00 bits per heavy atom. The maximum atomic E-state index is 14.0. The van der Waals surface area contributed by atoms with Crippen molar-refractivity contribution in [3.8, 4) is 11.5 Å². The second kappa shape index (κ2) is 6.06. The molecular formula is C17H20FNO. The van der Waals surface area contributed by atoms with Crippen LogP contribution in [0.5, 0.6) is 11.5 Å². The van der Waals surface area contributed by atoms with E-state index in [0.29, 0.717) is 11.7 Å². The second-order valence-electron chi connectivity index (χ2n) is 5.31. The second-order valence-corrected chi connectivity index (χ2v) is 5.31. The molecule has 2 nitrogen and oxygen atoms in total. The molecule has 0 aliphatic heterocycles. The van der Waals surface area contributed by atoms with Crippen molar-refractivity contribution in [3.05, 3.63) is 59.4 Å². The quantitative estimate of drug-likeness (QED) is 0.871. The van der Waals surface area contributed by atoms with Gasteiger partial charge in [-0.15, -0.1) is 0 Å². The highest BCUT2D eigenvalue weighted by Crippen LogP contribution is 2.28. The van der Waals surface area contributed by atoms with Gasteiger partial charge in [-0.25, -0.2) is 4.39 Å². The Morgan fingerprint density at radius 2 is 1.75 bits per heavy atom. The van der Waals surface area contributed by atoms with E-state index in [9.17, 15) is 4.39 Å². The largest absolute Gasteiger partial charge is 0.454 e. The first-order valence-electron chi connectivity index (χ1n) is 6.80. The Morgan fingerprint density at radius 3 is 2.35 bits per heavy atom. The molecule has 0 saturated carbocycles. The number of halogens is 1. The third kappa shape index (κ3) is 3.36. The van der Waals surface area contributed by atoms with E-state index in [1.165, 1.54) is 6.07 Å². The van der Waals surface area contributed by atoms with Gasteiger partial charge in [0.15, 0.2) is 11.6 Å². The van der Waals surface area contributed by atoms with E-state index in [0.717, 1.165) is 11.1 Å². The number of benzene rings is 2. The monoisotopic (exact) mass is 273 g/mol. The Hall–Kier alpha value is -1.87. The van der Waals surface area contributed by atoms with Crippen LogP contribution < -0.4 is 10.5 Å². The summed E-state index contributed by atoms with van der Waals surface area (Å²) in [7, 11) is 0. The van der Waals surface area contributed by atoms with E-state index in [2.05, 4.69) is 13.8 Å². The van der Waals surface area contributed by atoms with Crippen molar-refractivity contribution < 1.29 is 9.13 Å². The lowest BCUT2D eigenvalue weighted by Crippen LogP contribution is -2.05. The smallest absolute Gasteiger partial charge is 0.166 e. The number of hydrogen-bond acceptors (Lipinski definition) is 2. The van der Waals surface area contributed by atoms with Crippen molar-refractivity contribution in [3.63, 3.8) is 0 Å². The normalized spacial score (nSPS) is 12.5. The van der Waals surface area contributed by atoms with Gasteiger partial charge >= 0.3 is 0 Å². The van der Waals surface area contributed by atoms with Gasteiger partial charge in [0.2, 0.25) is 0 Å². The number of rotatable bonds is 4. The van der Waals surface area contributed by atoms with Crippen LogP contribution in [0, 0.1) is 5.82 Å². The molecule has 0 spiro atoms. The van der Waals surface area contributed by atoms with Gasteiger partial charge in [0, 0.05) is 6.04 Å². The fourth-order valence-corrected chi connectivity index (χ4v) is 1.95. The predicted molar refractivity (Wildman–Crippen MR) is 79.6 cm³/mol. The van der Waals surface area contributed by atoms with Crippen LogP contribution in [-0.4, -0.2) is 0 Å². The lowest BCUT2D eigenvalue weighted by Gasteiger charge is -2.12. The SMILES string of the molecule is CC(C)c1cccc(Oc2ccc([C@@H](C)N)cc2F)c1. The van der Waals surface area contributed by atoms with Crippen LogP contribution in [-0.2, 0) is 0 Å². The molecule has 0 fully saturated rings. The molecule has 0 amide bonds. The van der Waals surface area contributed by atoms with Gasteiger partial charge in [-0.2, -0.15) is 0 Å². The summed E-state index contributed by atoms with van der Waals surface area (Å²) < 4.78 is 19.6. The summed E-state index contributed by atoms with van der Waals surface area (Å²) in [6.45, 7) is 6.04. The van der Waals surface area contributed by atoms with Gasteiger partial charge in [0.25, 0.3) is 0 Å². The van der Waals surface area contributed by atoms with E-state index in [4.69, 9.17) is 10.5 Å². The molecule has 2 rings (SSSR count). The first kappa shape index (κ1) is 14.5. The lowest BCUT2D eigenvalue weighted by molar-refractivity contribution is 0.440. The first-order chi connectivity index (χ1) is 9.47. The molecule has 20 heavy (non-hydrogen) atoms. The minimum absolute atomic E-state index is 0.192. The molecule has 0 unspecified atom stereocenters. The maximum absolute atomic E-state index is 14.0. The molecule has 2 aromatic rings. The molecule has 0 aromatic heterocycles.